The number of halogens is 1. The third kappa shape index (κ3) is 4.08. The Morgan fingerprint density at radius 3 is 2.86 bits per heavy atom. The number of nitrogens with zero attached hydrogens (tertiary/aromatic N) is 3. The lowest BCUT2D eigenvalue weighted by molar-refractivity contribution is -0.384. The summed E-state index contributed by atoms with van der Waals surface area (Å²) >= 11 is 4.42. The molecule has 0 spiro atoms. The lowest BCUT2D eigenvalue weighted by Gasteiger charge is -2.00. The van der Waals surface area contributed by atoms with E-state index >= 15 is 0 Å². The molecular weight excluding hydrogens is 456 g/mol. The van der Waals surface area contributed by atoms with Crippen molar-refractivity contribution in [3.8, 4) is 17.4 Å². The first kappa shape index (κ1) is 19.0. The van der Waals surface area contributed by atoms with Crippen molar-refractivity contribution in [2.75, 3.05) is 0 Å². The molecule has 0 aliphatic rings. The lowest BCUT2D eigenvalue weighted by atomic mass is 10.1. The van der Waals surface area contributed by atoms with Gasteiger partial charge in [0.1, 0.15) is 17.6 Å². The smallest absolute Gasteiger partial charge is 0.281 e. The van der Waals surface area contributed by atoms with Crippen LogP contribution in [-0.2, 0) is 0 Å². The van der Waals surface area contributed by atoms with E-state index in [1.54, 1.807) is 30.3 Å². The van der Waals surface area contributed by atoms with Crippen LogP contribution in [0.4, 0.5) is 5.69 Å². The van der Waals surface area contributed by atoms with E-state index in [1.807, 2.05) is 24.3 Å². The largest absolute Gasteiger partial charge is 0.456 e. The van der Waals surface area contributed by atoms with Crippen LogP contribution >= 0.6 is 27.7 Å². The Balaban J connectivity index is 1.62. The van der Waals surface area contributed by atoms with Crippen molar-refractivity contribution >= 4 is 50.5 Å². The number of imidazole rings is 1. The fraction of sp³-hybridized carbons (Fsp3) is 0. The summed E-state index contributed by atoms with van der Waals surface area (Å²) in [5, 5.41) is 21.4. The van der Waals surface area contributed by atoms with Crippen LogP contribution in [0.1, 0.15) is 5.76 Å². The van der Waals surface area contributed by atoms with E-state index in [-0.39, 0.29) is 5.69 Å². The summed E-state index contributed by atoms with van der Waals surface area (Å²) in [6.07, 6.45) is 1.58. The number of benzene rings is 2. The molecule has 0 fully saturated rings. The maximum absolute atomic E-state index is 11.3. The number of hydrogen-bond donors (Lipinski definition) is 1. The fourth-order valence-corrected chi connectivity index (χ4v) is 3.82. The summed E-state index contributed by atoms with van der Waals surface area (Å²) in [5.74, 6) is 0.763. The normalized spacial score (nSPS) is 11.5. The molecule has 0 amide bonds. The van der Waals surface area contributed by atoms with Crippen LogP contribution in [0.3, 0.4) is 0 Å². The highest BCUT2D eigenvalue weighted by Crippen LogP contribution is 2.34. The second-order valence-electron chi connectivity index (χ2n) is 5.90. The van der Waals surface area contributed by atoms with Crippen molar-refractivity contribution in [1.82, 2.24) is 9.97 Å². The number of nitrogens with one attached hydrogen (secondary N) is 1. The van der Waals surface area contributed by atoms with Crippen molar-refractivity contribution in [3.05, 3.63) is 79.8 Å². The molecule has 1 N–H and O–H groups in total. The number of nitro benzene ring substituents is 1. The van der Waals surface area contributed by atoms with Crippen LogP contribution in [0, 0.1) is 21.4 Å². The van der Waals surface area contributed by atoms with Gasteiger partial charge in [0.25, 0.3) is 5.69 Å². The minimum absolute atomic E-state index is 0.0681. The predicted molar refractivity (Wildman–Crippen MR) is 114 cm³/mol. The Kier molecular flexibility index (Phi) is 5.20. The quantitative estimate of drug-likeness (QED) is 0.163. The summed E-state index contributed by atoms with van der Waals surface area (Å²) in [6.45, 7) is 0. The van der Waals surface area contributed by atoms with E-state index < -0.39 is 4.92 Å². The highest BCUT2D eigenvalue weighted by atomic mass is 79.9. The van der Waals surface area contributed by atoms with Gasteiger partial charge >= 0.3 is 0 Å². The fourth-order valence-electron chi connectivity index (χ4n) is 2.74. The van der Waals surface area contributed by atoms with Gasteiger partial charge in [-0.05, 0) is 48.2 Å². The number of thioether (sulfide) groups is 1. The monoisotopic (exact) mass is 466 g/mol. The number of H-pyrrole nitrogens is 1. The minimum Gasteiger partial charge on any atom is -0.456 e. The summed E-state index contributed by atoms with van der Waals surface area (Å²) in [4.78, 5) is 18.8. The lowest BCUT2D eigenvalue weighted by Crippen LogP contribution is -1.91. The van der Waals surface area contributed by atoms with Gasteiger partial charge in [0.15, 0.2) is 5.16 Å². The second kappa shape index (κ2) is 7.95. The highest BCUT2D eigenvalue weighted by molar-refractivity contribution is 9.10. The Morgan fingerprint density at radius 1 is 1.28 bits per heavy atom. The van der Waals surface area contributed by atoms with Crippen LogP contribution in [0.5, 0.6) is 0 Å². The molecule has 2 heterocycles. The van der Waals surface area contributed by atoms with Crippen LogP contribution < -0.4 is 0 Å². The summed E-state index contributed by atoms with van der Waals surface area (Å²) in [7, 11) is 0. The van der Waals surface area contributed by atoms with Gasteiger partial charge in [0.05, 0.1) is 26.4 Å². The van der Waals surface area contributed by atoms with E-state index in [4.69, 9.17) is 4.42 Å². The van der Waals surface area contributed by atoms with E-state index in [1.165, 1.54) is 17.8 Å². The van der Waals surface area contributed by atoms with Crippen molar-refractivity contribution < 1.29 is 9.34 Å². The second-order valence-corrected chi connectivity index (χ2v) is 7.85. The van der Waals surface area contributed by atoms with Crippen molar-refractivity contribution in [3.63, 3.8) is 0 Å². The number of allylic oxidation sites excluding steroid dienone is 1. The highest BCUT2D eigenvalue weighted by Gasteiger charge is 2.18. The van der Waals surface area contributed by atoms with Crippen LogP contribution in [0.15, 0.2) is 73.5 Å². The van der Waals surface area contributed by atoms with Gasteiger partial charge in [-0.25, -0.2) is 4.98 Å². The van der Waals surface area contributed by atoms with Gasteiger partial charge in [0.2, 0.25) is 0 Å². The molecule has 0 aliphatic carbocycles. The van der Waals surface area contributed by atoms with Gasteiger partial charge < -0.3 is 9.40 Å². The standard InChI is InChI=1S/C20H11BrN4O3S/c21-12-5-7-15(18(9-12)25(26)27)19-8-6-13(28-19)10-14(11-22)29-20-23-16-3-1-2-4-17(16)24-20/h1-10H,(H,23,24)/b14-10+. The molecule has 4 aromatic rings. The number of nitriles is 1. The summed E-state index contributed by atoms with van der Waals surface area (Å²) in [6, 6.07) is 17.8. The zero-order chi connectivity index (χ0) is 20.4. The first-order valence-corrected chi connectivity index (χ1v) is 9.93. The van der Waals surface area contributed by atoms with Gasteiger partial charge in [-0.15, -0.1) is 0 Å². The van der Waals surface area contributed by atoms with Crippen molar-refractivity contribution in [2.45, 2.75) is 5.16 Å². The topological polar surface area (TPSA) is 109 Å². The number of fused-ring (bicyclic) bond motifs is 1. The molecule has 0 unspecified atom stereocenters. The number of hydrogen-bond acceptors (Lipinski definition) is 6. The van der Waals surface area contributed by atoms with Gasteiger partial charge in [-0.1, -0.05) is 28.1 Å². The van der Waals surface area contributed by atoms with Crippen molar-refractivity contribution in [1.29, 1.82) is 5.26 Å². The third-order valence-electron chi connectivity index (χ3n) is 4.01. The first-order chi connectivity index (χ1) is 14.0. The molecule has 0 aliphatic heterocycles. The molecule has 0 saturated heterocycles. The minimum atomic E-state index is -0.462. The van der Waals surface area contributed by atoms with Crippen molar-refractivity contribution in [2.24, 2.45) is 0 Å². The number of para-hydroxylation sites is 2. The Morgan fingerprint density at radius 2 is 2.10 bits per heavy atom. The van der Waals surface area contributed by atoms with E-state index in [0.717, 1.165) is 11.0 Å². The van der Waals surface area contributed by atoms with Gasteiger partial charge in [-0.2, -0.15) is 5.26 Å². The molecule has 0 atom stereocenters. The maximum atomic E-state index is 11.3. The van der Waals surface area contributed by atoms with Gasteiger partial charge in [0, 0.05) is 16.6 Å². The molecule has 7 nitrogen and oxygen atoms in total. The van der Waals surface area contributed by atoms with Crippen LogP contribution in [0.2, 0.25) is 0 Å². The molecule has 2 aromatic heterocycles. The van der Waals surface area contributed by atoms with E-state index in [9.17, 15) is 15.4 Å². The van der Waals surface area contributed by atoms with E-state index in [0.29, 0.717) is 31.6 Å². The van der Waals surface area contributed by atoms with E-state index in [2.05, 4.69) is 32.0 Å². The SMILES string of the molecule is N#C/C(=C\c1ccc(-c2ccc(Br)cc2[N+](=O)[O-])o1)Sc1nc2ccccc2[nH]1. The predicted octanol–water partition coefficient (Wildman–Crippen LogP) is 6.15. The third-order valence-corrected chi connectivity index (χ3v) is 5.32. The average Bonchev–Trinajstić information content (AvgIpc) is 3.33. The molecule has 0 saturated carbocycles. The number of aromatic nitrogens is 2. The molecule has 29 heavy (non-hydrogen) atoms. The van der Waals surface area contributed by atoms with Crippen LogP contribution in [-0.4, -0.2) is 14.9 Å². The van der Waals surface area contributed by atoms with Gasteiger partial charge in [-0.3, -0.25) is 10.1 Å². The summed E-state index contributed by atoms with van der Waals surface area (Å²) < 4.78 is 6.34. The summed E-state index contributed by atoms with van der Waals surface area (Å²) in [5.41, 5.74) is 1.99. The number of aromatic amines is 1. The number of furan rings is 1. The zero-order valence-electron chi connectivity index (χ0n) is 14.6. The maximum Gasteiger partial charge on any atom is 0.281 e. The van der Waals surface area contributed by atoms with Crippen LogP contribution in [0.25, 0.3) is 28.4 Å². The molecule has 0 bridgehead atoms. The Labute approximate surface area is 177 Å². The number of rotatable bonds is 5. The molecular formula is C20H11BrN4O3S. The Hall–Kier alpha value is -3.35. The Bertz CT molecular complexity index is 1270. The molecule has 9 heteroatoms. The first-order valence-electron chi connectivity index (χ1n) is 8.32. The number of nitro groups is 1. The average molecular weight is 467 g/mol. The molecule has 4 rings (SSSR count). The molecule has 142 valence electrons. The molecule has 2 aromatic carbocycles. The zero-order valence-corrected chi connectivity index (χ0v) is 17.0. The molecule has 0 radical (unpaired) electrons.